The Morgan fingerprint density at radius 2 is 1.58 bits per heavy atom. The Morgan fingerprint density at radius 1 is 1.00 bits per heavy atom. The van der Waals surface area contributed by atoms with Crippen molar-refractivity contribution in [3.05, 3.63) is 78.4 Å². The molecule has 2 rings (SSSR count). The third kappa shape index (κ3) is 2.76. The molecule has 0 saturated heterocycles. The summed E-state index contributed by atoms with van der Waals surface area (Å²) in [5.74, 6) is 0. The van der Waals surface area contributed by atoms with Crippen LogP contribution in [0.5, 0.6) is 0 Å². The fourth-order valence-corrected chi connectivity index (χ4v) is 3.54. The Balaban J connectivity index is 2.48. The zero-order valence-electron chi connectivity index (χ0n) is 10.8. The molecule has 0 radical (unpaired) electrons. The van der Waals surface area contributed by atoms with E-state index >= 15 is 0 Å². The zero-order chi connectivity index (χ0) is 13.9. The van der Waals surface area contributed by atoms with Crippen LogP contribution in [-0.4, -0.2) is 8.42 Å². The molecular weight excluding hydrogens is 256 g/mol. The lowest BCUT2D eigenvalue weighted by molar-refractivity contribution is 0.590. The predicted octanol–water partition coefficient (Wildman–Crippen LogP) is 3.70. The topological polar surface area (TPSA) is 34.1 Å². The van der Waals surface area contributed by atoms with Gasteiger partial charge in [-0.25, -0.2) is 8.42 Å². The van der Waals surface area contributed by atoms with Gasteiger partial charge in [0.2, 0.25) is 0 Å². The standard InChI is InChI=1S/C16H16O2S/c1-3-16(14-7-5-4-6-8-14)19(17,18)15-11-9-13(2)10-12-15/h3-12,16H,1H2,2H3/t16-/m0/s1. The van der Waals surface area contributed by atoms with Crippen molar-refractivity contribution >= 4 is 9.84 Å². The maximum atomic E-state index is 12.6. The quantitative estimate of drug-likeness (QED) is 0.795. The normalized spacial score (nSPS) is 12.9. The van der Waals surface area contributed by atoms with E-state index in [-0.39, 0.29) is 0 Å². The Hall–Kier alpha value is -1.87. The number of benzene rings is 2. The van der Waals surface area contributed by atoms with Crippen molar-refractivity contribution in [1.82, 2.24) is 0 Å². The van der Waals surface area contributed by atoms with Crippen LogP contribution in [0.3, 0.4) is 0 Å². The first kappa shape index (κ1) is 13.6. The van der Waals surface area contributed by atoms with E-state index in [1.807, 2.05) is 25.1 Å². The minimum absolute atomic E-state index is 0.326. The van der Waals surface area contributed by atoms with E-state index in [0.717, 1.165) is 11.1 Å². The van der Waals surface area contributed by atoms with Crippen LogP contribution in [-0.2, 0) is 9.84 Å². The predicted molar refractivity (Wildman–Crippen MR) is 77.7 cm³/mol. The summed E-state index contributed by atoms with van der Waals surface area (Å²) in [6.07, 6.45) is 1.48. The minimum Gasteiger partial charge on any atom is -0.223 e. The highest BCUT2D eigenvalue weighted by atomic mass is 32.2. The van der Waals surface area contributed by atoms with Crippen LogP contribution in [0.2, 0.25) is 0 Å². The summed E-state index contributed by atoms with van der Waals surface area (Å²) in [7, 11) is -3.44. The van der Waals surface area contributed by atoms with Crippen molar-refractivity contribution in [3.8, 4) is 0 Å². The number of hydrogen-bond acceptors (Lipinski definition) is 2. The van der Waals surface area contributed by atoms with E-state index in [9.17, 15) is 8.42 Å². The fraction of sp³-hybridized carbons (Fsp3) is 0.125. The van der Waals surface area contributed by atoms with E-state index in [1.54, 1.807) is 36.4 Å². The van der Waals surface area contributed by atoms with Gasteiger partial charge < -0.3 is 0 Å². The molecule has 19 heavy (non-hydrogen) atoms. The van der Waals surface area contributed by atoms with Gasteiger partial charge >= 0.3 is 0 Å². The maximum Gasteiger partial charge on any atom is 0.188 e. The Kier molecular flexibility index (Phi) is 3.86. The van der Waals surface area contributed by atoms with E-state index in [4.69, 9.17) is 0 Å². The largest absolute Gasteiger partial charge is 0.223 e. The summed E-state index contributed by atoms with van der Waals surface area (Å²) < 4.78 is 25.2. The van der Waals surface area contributed by atoms with Crippen LogP contribution < -0.4 is 0 Å². The number of aryl methyl sites for hydroxylation is 1. The van der Waals surface area contributed by atoms with Gasteiger partial charge in [0.15, 0.2) is 9.84 Å². The van der Waals surface area contributed by atoms with E-state index < -0.39 is 15.1 Å². The molecule has 0 aliphatic carbocycles. The molecule has 0 aliphatic rings. The van der Waals surface area contributed by atoms with E-state index in [1.165, 1.54) is 6.08 Å². The highest BCUT2D eigenvalue weighted by Crippen LogP contribution is 2.29. The summed E-state index contributed by atoms with van der Waals surface area (Å²) in [5.41, 5.74) is 1.77. The molecule has 0 saturated carbocycles. The Labute approximate surface area is 114 Å². The first-order valence-corrected chi connectivity index (χ1v) is 7.58. The van der Waals surface area contributed by atoms with Crippen molar-refractivity contribution in [2.24, 2.45) is 0 Å². The zero-order valence-corrected chi connectivity index (χ0v) is 11.6. The molecule has 0 bridgehead atoms. The summed E-state index contributed by atoms with van der Waals surface area (Å²) in [6.45, 7) is 5.60. The monoisotopic (exact) mass is 272 g/mol. The van der Waals surface area contributed by atoms with Crippen LogP contribution in [0.25, 0.3) is 0 Å². The molecule has 0 spiro atoms. The highest BCUT2D eigenvalue weighted by Gasteiger charge is 2.26. The molecule has 0 N–H and O–H groups in total. The summed E-state index contributed by atoms with van der Waals surface area (Å²) in [6, 6.07) is 16.0. The molecule has 0 aliphatic heterocycles. The smallest absolute Gasteiger partial charge is 0.188 e. The van der Waals surface area contributed by atoms with Crippen molar-refractivity contribution in [2.75, 3.05) is 0 Å². The summed E-state index contributed by atoms with van der Waals surface area (Å²) in [4.78, 5) is 0.326. The molecule has 0 heterocycles. The second kappa shape index (κ2) is 5.41. The first-order chi connectivity index (χ1) is 9.05. The SMILES string of the molecule is C=C[C@@H](c1ccccc1)S(=O)(=O)c1ccc(C)cc1. The van der Waals surface area contributed by atoms with Crippen LogP contribution in [0.1, 0.15) is 16.4 Å². The summed E-state index contributed by atoms with van der Waals surface area (Å²) in [5, 5.41) is -0.712. The molecule has 2 aromatic rings. The maximum absolute atomic E-state index is 12.6. The first-order valence-electron chi connectivity index (χ1n) is 6.04. The van der Waals surface area contributed by atoms with E-state index in [0.29, 0.717) is 4.90 Å². The lowest BCUT2D eigenvalue weighted by Crippen LogP contribution is -2.11. The molecule has 0 unspecified atom stereocenters. The number of sulfone groups is 1. The second-order valence-corrected chi connectivity index (χ2v) is 6.49. The van der Waals surface area contributed by atoms with Gasteiger partial charge in [-0.05, 0) is 24.6 Å². The molecule has 1 atom stereocenters. The number of hydrogen-bond donors (Lipinski definition) is 0. The van der Waals surface area contributed by atoms with Crippen LogP contribution in [0, 0.1) is 6.92 Å². The third-order valence-electron chi connectivity index (χ3n) is 3.03. The van der Waals surface area contributed by atoms with Crippen LogP contribution in [0.15, 0.2) is 72.1 Å². The number of rotatable bonds is 4. The van der Waals surface area contributed by atoms with Gasteiger partial charge in [0.1, 0.15) is 5.25 Å². The second-order valence-electron chi connectivity index (χ2n) is 4.43. The molecule has 0 aromatic heterocycles. The van der Waals surface area contributed by atoms with Gasteiger partial charge in [-0.2, -0.15) is 0 Å². The molecule has 0 fully saturated rings. The molecule has 98 valence electrons. The van der Waals surface area contributed by atoms with Gasteiger partial charge in [0, 0.05) is 0 Å². The molecule has 0 amide bonds. The minimum atomic E-state index is -3.44. The van der Waals surface area contributed by atoms with Gasteiger partial charge in [-0.3, -0.25) is 0 Å². The van der Waals surface area contributed by atoms with Crippen molar-refractivity contribution in [3.63, 3.8) is 0 Å². The van der Waals surface area contributed by atoms with Gasteiger partial charge in [-0.15, -0.1) is 6.58 Å². The van der Waals surface area contributed by atoms with Crippen molar-refractivity contribution in [2.45, 2.75) is 17.1 Å². The van der Waals surface area contributed by atoms with Gasteiger partial charge in [-0.1, -0.05) is 54.1 Å². The molecule has 3 heteroatoms. The van der Waals surface area contributed by atoms with E-state index in [2.05, 4.69) is 6.58 Å². The van der Waals surface area contributed by atoms with Gasteiger partial charge in [0.25, 0.3) is 0 Å². The third-order valence-corrected chi connectivity index (χ3v) is 5.09. The average molecular weight is 272 g/mol. The molecular formula is C16H16O2S. The van der Waals surface area contributed by atoms with Crippen molar-refractivity contribution in [1.29, 1.82) is 0 Å². The van der Waals surface area contributed by atoms with Gasteiger partial charge in [0.05, 0.1) is 4.90 Å². The van der Waals surface area contributed by atoms with Crippen LogP contribution in [0.4, 0.5) is 0 Å². The Bertz CT molecular complexity index is 656. The molecule has 2 nitrogen and oxygen atoms in total. The Morgan fingerprint density at radius 3 is 2.11 bits per heavy atom. The summed E-state index contributed by atoms with van der Waals surface area (Å²) >= 11 is 0. The average Bonchev–Trinajstić information content (AvgIpc) is 2.41. The lowest BCUT2D eigenvalue weighted by Gasteiger charge is -2.14. The fourth-order valence-electron chi connectivity index (χ4n) is 1.96. The van der Waals surface area contributed by atoms with Crippen LogP contribution >= 0.6 is 0 Å². The molecule has 2 aromatic carbocycles. The van der Waals surface area contributed by atoms with Crippen molar-refractivity contribution < 1.29 is 8.42 Å². The highest BCUT2D eigenvalue weighted by molar-refractivity contribution is 7.91. The lowest BCUT2D eigenvalue weighted by atomic mass is 10.1.